The first-order valence-electron chi connectivity index (χ1n) is 10.7. The summed E-state index contributed by atoms with van der Waals surface area (Å²) in [6.07, 6.45) is 4.12. The Labute approximate surface area is 181 Å². The Morgan fingerprint density at radius 1 is 1.06 bits per heavy atom. The molecule has 0 radical (unpaired) electrons. The van der Waals surface area contributed by atoms with Gasteiger partial charge in [0.25, 0.3) is 0 Å². The molecule has 3 rings (SSSR count). The lowest BCUT2D eigenvalue weighted by Crippen LogP contribution is -2.42. The Kier molecular flexibility index (Phi) is 8.50. The number of carbonyl (C=O) groups excluding carboxylic acids is 3. The zero-order valence-corrected chi connectivity index (χ0v) is 17.6. The molecule has 2 heterocycles. The Morgan fingerprint density at radius 2 is 1.87 bits per heavy atom. The van der Waals surface area contributed by atoms with Gasteiger partial charge < -0.3 is 15.5 Å². The third-order valence-electron chi connectivity index (χ3n) is 5.37. The maximum absolute atomic E-state index is 12.7. The Hall–Kier alpha value is -3.30. The molecule has 166 valence electrons. The molecule has 1 saturated heterocycles. The van der Waals surface area contributed by atoms with Gasteiger partial charge in [-0.25, -0.2) is 4.68 Å². The predicted octanol–water partition coefficient (Wildman–Crippen LogP) is 0.482. The number of amides is 3. The zero-order chi connectivity index (χ0) is 21.9. The van der Waals surface area contributed by atoms with Gasteiger partial charge in [0.2, 0.25) is 17.7 Å². The Bertz CT molecular complexity index is 842. The summed E-state index contributed by atoms with van der Waals surface area (Å²) in [5.41, 5.74) is 1.16. The lowest BCUT2D eigenvalue weighted by molar-refractivity contribution is -0.136. The highest BCUT2D eigenvalue weighted by molar-refractivity contribution is 5.84. The summed E-state index contributed by atoms with van der Waals surface area (Å²) >= 11 is 0. The molecule has 0 saturated carbocycles. The van der Waals surface area contributed by atoms with Crippen molar-refractivity contribution in [2.45, 2.75) is 44.6 Å². The first-order chi connectivity index (χ1) is 15.1. The van der Waals surface area contributed by atoms with Gasteiger partial charge in [-0.2, -0.15) is 0 Å². The number of tetrazole rings is 1. The van der Waals surface area contributed by atoms with Gasteiger partial charge in [-0.05, 0) is 41.2 Å². The summed E-state index contributed by atoms with van der Waals surface area (Å²) in [6.45, 7) is 1.70. The van der Waals surface area contributed by atoms with Crippen molar-refractivity contribution in [3.8, 4) is 0 Å². The molecule has 0 aliphatic carbocycles. The van der Waals surface area contributed by atoms with Crippen molar-refractivity contribution in [3.63, 3.8) is 0 Å². The van der Waals surface area contributed by atoms with E-state index in [4.69, 9.17) is 0 Å². The quantitative estimate of drug-likeness (QED) is 0.732. The van der Waals surface area contributed by atoms with Crippen molar-refractivity contribution in [3.05, 3.63) is 42.2 Å². The number of hydrogen-bond acceptors (Lipinski definition) is 6. The van der Waals surface area contributed by atoms with E-state index in [0.717, 1.165) is 18.4 Å². The highest BCUT2D eigenvalue weighted by atomic mass is 16.2. The second-order valence-corrected chi connectivity index (χ2v) is 7.63. The van der Waals surface area contributed by atoms with E-state index in [9.17, 15) is 14.4 Å². The lowest BCUT2D eigenvalue weighted by atomic mass is 9.91. The topological polar surface area (TPSA) is 122 Å². The zero-order valence-electron chi connectivity index (χ0n) is 17.6. The number of aromatic nitrogens is 4. The van der Waals surface area contributed by atoms with E-state index in [0.29, 0.717) is 39.0 Å². The largest absolute Gasteiger partial charge is 0.356 e. The van der Waals surface area contributed by atoms with Crippen LogP contribution in [-0.2, 0) is 20.9 Å². The van der Waals surface area contributed by atoms with Crippen molar-refractivity contribution in [2.75, 3.05) is 26.2 Å². The minimum atomic E-state index is -0.177. The smallest absolute Gasteiger partial charge is 0.239 e. The van der Waals surface area contributed by atoms with E-state index in [1.165, 1.54) is 15.9 Å². The SMILES string of the molecule is O=C1CCC(c2ccccc2)CCNC(=O)CN(C(=O)CCn2cnnn2)CCCN1. The van der Waals surface area contributed by atoms with E-state index in [1.807, 2.05) is 18.2 Å². The van der Waals surface area contributed by atoms with Gasteiger partial charge >= 0.3 is 0 Å². The molecule has 1 aliphatic heterocycles. The summed E-state index contributed by atoms with van der Waals surface area (Å²) in [7, 11) is 0. The molecule has 1 unspecified atom stereocenters. The van der Waals surface area contributed by atoms with E-state index in [1.54, 1.807) is 0 Å². The summed E-state index contributed by atoms with van der Waals surface area (Å²) < 4.78 is 1.48. The van der Waals surface area contributed by atoms with Gasteiger partial charge in [-0.1, -0.05) is 30.3 Å². The van der Waals surface area contributed by atoms with Crippen LogP contribution in [0.1, 0.15) is 43.6 Å². The van der Waals surface area contributed by atoms with Gasteiger partial charge in [0.1, 0.15) is 6.33 Å². The predicted molar refractivity (Wildman–Crippen MR) is 113 cm³/mol. The molecule has 2 aromatic rings. The number of nitrogens with zero attached hydrogens (tertiary/aromatic N) is 5. The molecule has 0 bridgehead atoms. The van der Waals surface area contributed by atoms with Gasteiger partial charge in [-0.3, -0.25) is 14.4 Å². The second-order valence-electron chi connectivity index (χ2n) is 7.63. The molecule has 10 heteroatoms. The Balaban J connectivity index is 1.60. The van der Waals surface area contributed by atoms with Crippen molar-refractivity contribution >= 4 is 17.7 Å². The summed E-state index contributed by atoms with van der Waals surface area (Å²) in [6, 6.07) is 10.0. The van der Waals surface area contributed by atoms with Gasteiger partial charge in [-0.15, -0.1) is 5.10 Å². The fraction of sp³-hybridized carbons (Fsp3) is 0.524. The first kappa shape index (κ1) is 22.4. The molecule has 0 spiro atoms. The standard InChI is InChI=1S/C21H29N7O3/c29-19-8-7-18(17-5-2-1-3-6-17)9-12-23-20(30)15-27(13-4-11-22-19)21(31)10-14-28-16-24-25-26-28/h1-3,5-6,16,18H,4,7-15H2,(H,22,29)(H,23,30). The fourth-order valence-corrected chi connectivity index (χ4v) is 3.65. The van der Waals surface area contributed by atoms with Crippen molar-refractivity contribution < 1.29 is 14.4 Å². The van der Waals surface area contributed by atoms with Gasteiger partial charge in [0.15, 0.2) is 0 Å². The monoisotopic (exact) mass is 427 g/mol. The summed E-state index contributed by atoms with van der Waals surface area (Å²) in [5.74, 6) is -0.127. The number of benzene rings is 1. The summed E-state index contributed by atoms with van der Waals surface area (Å²) in [4.78, 5) is 38.9. The number of nitrogens with one attached hydrogen (secondary N) is 2. The van der Waals surface area contributed by atoms with Crippen LogP contribution in [0.5, 0.6) is 0 Å². The molecule has 31 heavy (non-hydrogen) atoms. The molecule has 2 N–H and O–H groups in total. The van der Waals surface area contributed by atoms with Crippen LogP contribution in [-0.4, -0.2) is 69.0 Å². The average Bonchev–Trinajstić information content (AvgIpc) is 3.30. The van der Waals surface area contributed by atoms with Crippen LogP contribution in [0.3, 0.4) is 0 Å². The van der Waals surface area contributed by atoms with Crippen molar-refractivity contribution in [2.24, 2.45) is 0 Å². The number of carbonyl (C=O) groups is 3. The molecule has 1 aromatic carbocycles. The van der Waals surface area contributed by atoms with E-state index in [2.05, 4.69) is 38.3 Å². The van der Waals surface area contributed by atoms with Crippen molar-refractivity contribution in [1.82, 2.24) is 35.7 Å². The highest BCUT2D eigenvalue weighted by Gasteiger charge is 2.19. The average molecular weight is 428 g/mol. The number of rotatable bonds is 4. The van der Waals surface area contributed by atoms with Crippen LogP contribution >= 0.6 is 0 Å². The number of aryl methyl sites for hydroxylation is 1. The van der Waals surface area contributed by atoms with Gasteiger partial charge in [0.05, 0.1) is 13.1 Å². The molecule has 1 aliphatic rings. The third kappa shape index (κ3) is 7.47. The molecule has 1 aromatic heterocycles. The minimum Gasteiger partial charge on any atom is -0.356 e. The maximum atomic E-state index is 12.7. The van der Waals surface area contributed by atoms with Crippen LogP contribution in [0.25, 0.3) is 0 Å². The number of hydrogen-bond donors (Lipinski definition) is 2. The van der Waals surface area contributed by atoms with Gasteiger partial charge in [0, 0.05) is 32.5 Å². The van der Waals surface area contributed by atoms with Crippen LogP contribution in [0.2, 0.25) is 0 Å². The highest BCUT2D eigenvalue weighted by Crippen LogP contribution is 2.24. The molecule has 3 amide bonds. The maximum Gasteiger partial charge on any atom is 0.239 e. The van der Waals surface area contributed by atoms with Crippen LogP contribution in [0, 0.1) is 0 Å². The normalized spacial score (nSPS) is 19.2. The van der Waals surface area contributed by atoms with E-state index in [-0.39, 0.29) is 36.6 Å². The summed E-state index contributed by atoms with van der Waals surface area (Å²) in [5, 5.41) is 16.7. The van der Waals surface area contributed by atoms with Crippen LogP contribution in [0.15, 0.2) is 36.7 Å². The third-order valence-corrected chi connectivity index (χ3v) is 5.37. The first-order valence-corrected chi connectivity index (χ1v) is 10.7. The lowest BCUT2D eigenvalue weighted by Gasteiger charge is -2.24. The fourth-order valence-electron chi connectivity index (χ4n) is 3.65. The molecule has 1 fully saturated rings. The van der Waals surface area contributed by atoms with E-state index < -0.39 is 0 Å². The molecule has 10 nitrogen and oxygen atoms in total. The molecular weight excluding hydrogens is 398 g/mol. The van der Waals surface area contributed by atoms with Crippen LogP contribution in [0.4, 0.5) is 0 Å². The van der Waals surface area contributed by atoms with Crippen molar-refractivity contribution in [1.29, 1.82) is 0 Å². The minimum absolute atomic E-state index is 0.00160. The molecular formula is C21H29N7O3. The van der Waals surface area contributed by atoms with E-state index >= 15 is 0 Å². The Morgan fingerprint density at radius 3 is 2.65 bits per heavy atom. The molecule has 1 atom stereocenters. The second kappa shape index (κ2) is 11.8. The van der Waals surface area contributed by atoms with Crippen LogP contribution < -0.4 is 10.6 Å².